The van der Waals surface area contributed by atoms with E-state index < -0.39 is 5.97 Å². The van der Waals surface area contributed by atoms with Crippen molar-refractivity contribution in [3.8, 4) is 22.9 Å². The van der Waals surface area contributed by atoms with Crippen molar-refractivity contribution in [2.24, 2.45) is 0 Å². The molecule has 6 nitrogen and oxygen atoms in total. The Balaban J connectivity index is 1.61. The molecule has 1 N–H and O–H groups in total. The first-order chi connectivity index (χ1) is 16.8. The van der Waals surface area contributed by atoms with E-state index in [9.17, 15) is 4.79 Å². The fraction of sp³-hybridized carbons (Fsp3) is 0.379. The van der Waals surface area contributed by atoms with Gasteiger partial charge in [0, 0.05) is 24.6 Å². The maximum absolute atomic E-state index is 10.7. The summed E-state index contributed by atoms with van der Waals surface area (Å²) in [6.07, 6.45) is 2.58. The highest BCUT2D eigenvalue weighted by Crippen LogP contribution is 2.31. The lowest BCUT2D eigenvalue weighted by Gasteiger charge is -2.15. The van der Waals surface area contributed by atoms with Crippen molar-refractivity contribution in [1.82, 2.24) is 9.88 Å². The highest BCUT2D eigenvalue weighted by Gasteiger charge is 2.11. The van der Waals surface area contributed by atoms with Gasteiger partial charge in [0.25, 0.3) is 0 Å². The Morgan fingerprint density at radius 2 is 1.63 bits per heavy atom. The Kier molecular flexibility index (Phi) is 9.67. The number of benzene rings is 2. The zero-order valence-corrected chi connectivity index (χ0v) is 21.2. The lowest BCUT2D eigenvalue weighted by atomic mass is 9.99. The molecule has 0 fully saturated rings. The minimum absolute atomic E-state index is 0.193. The van der Waals surface area contributed by atoms with Gasteiger partial charge in [-0.1, -0.05) is 30.3 Å². The molecule has 0 spiro atoms. The van der Waals surface area contributed by atoms with Gasteiger partial charge in [0.2, 0.25) is 5.88 Å². The summed E-state index contributed by atoms with van der Waals surface area (Å²) in [6.45, 7) is 6.29. The van der Waals surface area contributed by atoms with E-state index in [4.69, 9.17) is 19.6 Å². The highest BCUT2D eigenvalue weighted by atomic mass is 16.5. The van der Waals surface area contributed by atoms with Crippen molar-refractivity contribution in [2.45, 2.75) is 46.1 Å². The number of aromatic nitrogens is 1. The van der Waals surface area contributed by atoms with Gasteiger partial charge in [-0.15, -0.1) is 0 Å². The van der Waals surface area contributed by atoms with Gasteiger partial charge in [-0.2, -0.15) is 0 Å². The number of hydrogen-bond acceptors (Lipinski definition) is 5. The number of pyridine rings is 1. The van der Waals surface area contributed by atoms with Gasteiger partial charge in [-0.25, -0.2) is 4.98 Å². The second-order valence-electron chi connectivity index (χ2n) is 9.15. The SMILES string of the molecule is Cc1cc(OCCCN(C)C)cc(C)c1-c1cccc(OCc2ccc(CCCC(=O)O)cc2)n1. The largest absolute Gasteiger partial charge is 0.494 e. The number of rotatable bonds is 13. The Hall–Kier alpha value is -3.38. The molecule has 0 amide bonds. The van der Waals surface area contributed by atoms with Crippen molar-refractivity contribution in [3.63, 3.8) is 0 Å². The number of aliphatic carboxylic acids is 1. The lowest BCUT2D eigenvalue weighted by molar-refractivity contribution is -0.137. The molecule has 0 bridgehead atoms. The van der Waals surface area contributed by atoms with Crippen LogP contribution in [-0.2, 0) is 17.8 Å². The van der Waals surface area contributed by atoms with Gasteiger partial charge in [0.15, 0.2) is 0 Å². The molecule has 0 radical (unpaired) electrons. The first kappa shape index (κ1) is 26.2. The number of aryl methyl sites for hydroxylation is 3. The normalized spacial score (nSPS) is 11.0. The van der Waals surface area contributed by atoms with Crippen LogP contribution in [0, 0.1) is 13.8 Å². The average molecular weight is 477 g/mol. The zero-order valence-electron chi connectivity index (χ0n) is 21.2. The molecule has 2 aromatic carbocycles. The fourth-order valence-electron chi connectivity index (χ4n) is 4.02. The van der Waals surface area contributed by atoms with Crippen LogP contribution in [0.15, 0.2) is 54.6 Å². The van der Waals surface area contributed by atoms with Gasteiger partial charge in [-0.3, -0.25) is 4.79 Å². The van der Waals surface area contributed by atoms with Gasteiger partial charge in [0.05, 0.1) is 12.3 Å². The standard InChI is InChI=1S/C29H36N2O4/c1-21-18-25(34-17-7-16-31(3)4)19-22(2)29(21)26-9-6-10-27(30-26)35-20-24-14-12-23(13-15-24)8-5-11-28(32)33/h6,9-10,12-15,18-19H,5,7-8,11,16-17,20H2,1-4H3,(H,32,33). The molecule has 35 heavy (non-hydrogen) atoms. The third-order valence-electron chi connectivity index (χ3n) is 5.77. The monoisotopic (exact) mass is 476 g/mol. The number of hydrogen-bond donors (Lipinski definition) is 1. The molecular weight excluding hydrogens is 440 g/mol. The molecule has 1 heterocycles. The van der Waals surface area contributed by atoms with E-state index in [1.54, 1.807) is 0 Å². The minimum Gasteiger partial charge on any atom is -0.494 e. The summed E-state index contributed by atoms with van der Waals surface area (Å²) in [5, 5.41) is 8.77. The summed E-state index contributed by atoms with van der Waals surface area (Å²) in [4.78, 5) is 17.6. The maximum Gasteiger partial charge on any atom is 0.303 e. The van der Waals surface area contributed by atoms with Gasteiger partial charge in [0.1, 0.15) is 12.4 Å². The molecule has 0 aliphatic rings. The number of nitrogens with zero attached hydrogens (tertiary/aromatic N) is 2. The highest BCUT2D eigenvalue weighted by molar-refractivity contribution is 5.69. The molecule has 0 unspecified atom stereocenters. The second-order valence-corrected chi connectivity index (χ2v) is 9.15. The van der Waals surface area contributed by atoms with Crippen LogP contribution in [0.3, 0.4) is 0 Å². The van der Waals surface area contributed by atoms with Crippen molar-refractivity contribution in [2.75, 3.05) is 27.2 Å². The predicted molar refractivity (Wildman–Crippen MR) is 139 cm³/mol. The Morgan fingerprint density at radius 1 is 0.943 bits per heavy atom. The van der Waals surface area contributed by atoms with Gasteiger partial charge in [-0.05, 0) is 87.7 Å². The first-order valence-electron chi connectivity index (χ1n) is 12.1. The Labute approximate surface area is 208 Å². The Bertz CT molecular complexity index is 1090. The topological polar surface area (TPSA) is 71.9 Å². The molecule has 0 aliphatic carbocycles. The summed E-state index contributed by atoms with van der Waals surface area (Å²) >= 11 is 0. The van der Waals surface area contributed by atoms with Crippen LogP contribution in [-0.4, -0.2) is 48.2 Å². The summed E-state index contributed by atoms with van der Waals surface area (Å²) in [6, 6.07) is 18.1. The molecule has 1 aromatic heterocycles. The number of carbonyl (C=O) groups is 1. The van der Waals surface area contributed by atoms with E-state index in [0.717, 1.165) is 58.6 Å². The predicted octanol–water partition coefficient (Wildman–Crippen LogP) is 5.68. The van der Waals surface area contributed by atoms with Gasteiger partial charge >= 0.3 is 5.97 Å². The molecule has 0 atom stereocenters. The van der Waals surface area contributed by atoms with Crippen molar-refractivity contribution >= 4 is 5.97 Å². The van der Waals surface area contributed by atoms with Crippen LogP contribution < -0.4 is 9.47 Å². The molecular formula is C29H36N2O4. The second kappa shape index (κ2) is 12.9. The zero-order chi connectivity index (χ0) is 25.2. The summed E-state index contributed by atoms with van der Waals surface area (Å²) in [5.41, 5.74) is 6.40. The molecule has 3 aromatic rings. The molecule has 0 saturated heterocycles. The van der Waals surface area contributed by atoms with Crippen LogP contribution in [0.4, 0.5) is 0 Å². The number of ether oxygens (including phenoxy) is 2. The molecule has 6 heteroatoms. The van der Waals surface area contributed by atoms with Crippen LogP contribution in [0.2, 0.25) is 0 Å². The van der Waals surface area contributed by atoms with Crippen LogP contribution >= 0.6 is 0 Å². The lowest BCUT2D eigenvalue weighted by Crippen LogP contribution is -2.15. The van der Waals surface area contributed by atoms with E-state index in [1.807, 2.05) is 42.5 Å². The molecule has 186 valence electrons. The maximum atomic E-state index is 10.7. The summed E-state index contributed by atoms with van der Waals surface area (Å²) in [7, 11) is 4.13. The average Bonchev–Trinajstić information content (AvgIpc) is 2.81. The van der Waals surface area contributed by atoms with Gasteiger partial charge < -0.3 is 19.5 Å². The Morgan fingerprint density at radius 3 is 2.29 bits per heavy atom. The fourth-order valence-corrected chi connectivity index (χ4v) is 4.02. The number of carboxylic acids is 1. The molecule has 3 rings (SSSR count). The third kappa shape index (κ3) is 8.41. The quantitative estimate of drug-likeness (QED) is 0.320. The summed E-state index contributed by atoms with van der Waals surface area (Å²) < 4.78 is 11.9. The van der Waals surface area contributed by atoms with E-state index >= 15 is 0 Å². The van der Waals surface area contributed by atoms with Crippen molar-refractivity contribution < 1.29 is 19.4 Å². The van der Waals surface area contributed by atoms with E-state index in [0.29, 0.717) is 25.5 Å². The molecule has 0 aliphatic heterocycles. The van der Waals surface area contributed by atoms with E-state index in [2.05, 4.69) is 45.0 Å². The molecule has 0 saturated carbocycles. The minimum atomic E-state index is -0.755. The summed E-state index contributed by atoms with van der Waals surface area (Å²) in [5.74, 6) is 0.715. The van der Waals surface area contributed by atoms with Crippen LogP contribution in [0.1, 0.15) is 41.5 Å². The smallest absolute Gasteiger partial charge is 0.303 e. The van der Waals surface area contributed by atoms with Crippen molar-refractivity contribution in [1.29, 1.82) is 0 Å². The van der Waals surface area contributed by atoms with Crippen molar-refractivity contribution in [3.05, 3.63) is 76.9 Å². The van der Waals surface area contributed by atoms with Crippen LogP contribution in [0.5, 0.6) is 11.6 Å². The first-order valence-corrected chi connectivity index (χ1v) is 12.1. The van der Waals surface area contributed by atoms with E-state index in [1.165, 1.54) is 0 Å². The van der Waals surface area contributed by atoms with E-state index in [-0.39, 0.29) is 6.42 Å². The number of carboxylic acid groups (broad SMARTS) is 1. The third-order valence-corrected chi connectivity index (χ3v) is 5.77. The van der Waals surface area contributed by atoms with Crippen LogP contribution in [0.25, 0.3) is 11.3 Å².